The van der Waals surface area contributed by atoms with E-state index >= 15 is 0 Å². The van der Waals surface area contributed by atoms with E-state index < -0.39 is 17.6 Å². The van der Waals surface area contributed by atoms with E-state index in [1.54, 1.807) is 25.3 Å². The number of rotatable bonds is 5. The van der Waals surface area contributed by atoms with Gasteiger partial charge in [0.15, 0.2) is 0 Å². The van der Waals surface area contributed by atoms with E-state index in [9.17, 15) is 17.6 Å². The average Bonchev–Trinajstić information content (AvgIpc) is 3.58. The molecule has 4 atom stereocenters. The Balaban J connectivity index is 1.50. The molecule has 1 spiro atoms. The van der Waals surface area contributed by atoms with Gasteiger partial charge in [-0.2, -0.15) is 13.2 Å². The van der Waals surface area contributed by atoms with Crippen molar-refractivity contribution >= 4 is 0 Å². The second-order valence-corrected chi connectivity index (χ2v) is 9.28. The quantitative estimate of drug-likeness (QED) is 0.485. The molecule has 3 aromatic rings. The Morgan fingerprint density at radius 2 is 1.94 bits per heavy atom. The van der Waals surface area contributed by atoms with E-state index in [0.717, 1.165) is 34.7 Å². The van der Waals surface area contributed by atoms with Crippen molar-refractivity contribution in [2.75, 3.05) is 20.8 Å². The monoisotopic (exact) mass is 489 g/mol. The van der Waals surface area contributed by atoms with Gasteiger partial charge in [0.2, 0.25) is 5.82 Å². The summed E-state index contributed by atoms with van der Waals surface area (Å²) in [7, 11) is 3.47. The summed E-state index contributed by atoms with van der Waals surface area (Å²) in [6.45, 7) is 0.421. The van der Waals surface area contributed by atoms with Crippen molar-refractivity contribution in [3.63, 3.8) is 0 Å². The zero-order valence-corrected chi connectivity index (χ0v) is 19.5. The summed E-state index contributed by atoms with van der Waals surface area (Å²) in [6.07, 6.45) is 0.303. The number of halogens is 4. The van der Waals surface area contributed by atoms with Gasteiger partial charge < -0.3 is 14.8 Å². The lowest BCUT2D eigenvalue weighted by Gasteiger charge is -2.34. The summed E-state index contributed by atoms with van der Waals surface area (Å²) in [6, 6.07) is 11.8. The standard InChI is InChI=1S/C26H27F4N3O2/c1-31-21-9-10-25(23(21)16-3-5-18(27)6-4-16)14-17(15-35-25)20-13-19(7-8-22(20)34-2)33-12-11-32-24(33)26(28,29)30/h3-8,11-13,17,21,23,31H,9-10,14-15H2,1-2H3/t17-,21+,23+,25-/m1/s1. The smallest absolute Gasteiger partial charge is 0.450 e. The SMILES string of the molecule is CN[C@H]1CC[C@@]2(C[C@@H](c3cc(-n4ccnc4C(F)(F)F)ccc3OC)CO2)[C@H]1c1ccc(F)cc1. The van der Waals surface area contributed by atoms with Crippen molar-refractivity contribution in [2.24, 2.45) is 0 Å². The molecule has 1 saturated carbocycles. The van der Waals surface area contributed by atoms with Crippen LogP contribution in [0.15, 0.2) is 54.9 Å². The Hall–Kier alpha value is -2.91. The number of aromatic nitrogens is 2. The highest BCUT2D eigenvalue weighted by Gasteiger charge is 2.54. The molecule has 2 aliphatic rings. The lowest BCUT2D eigenvalue weighted by Crippen LogP contribution is -2.39. The number of ether oxygens (including phenoxy) is 2. The third kappa shape index (κ3) is 4.21. The zero-order chi connectivity index (χ0) is 24.8. The first-order chi connectivity index (χ1) is 16.8. The first-order valence-corrected chi connectivity index (χ1v) is 11.6. The van der Waals surface area contributed by atoms with Gasteiger partial charge in [0.25, 0.3) is 0 Å². The summed E-state index contributed by atoms with van der Waals surface area (Å²) in [5, 5.41) is 3.39. The molecule has 186 valence electrons. The van der Waals surface area contributed by atoms with Crippen LogP contribution < -0.4 is 10.1 Å². The number of likely N-dealkylation sites (N-methyl/N-ethyl adjacent to an activating group) is 1. The summed E-state index contributed by atoms with van der Waals surface area (Å²) in [5.41, 5.74) is 1.72. The number of nitrogens with one attached hydrogen (secondary N) is 1. The fourth-order valence-electron chi connectivity index (χ4n) is 5.91. The first-order valence-electron chi connectivity index (χ1n) is 11.6. The van der Waals surface area contributed by atoms with Gasteiger partial charge >= 0.3 is 6.18 Å². The van der Waals surface area contributed by atoms with Crippen molar-refractivity contribution in [3.05, 3.63) is 77.6 Å². The highest BCUT2D eigenvalue weighted by atomic mass is 19.4. The molecule has 0 bridgehead atoms. The number of methoxy groups -OCH3 is 1. The predicted octanol–water partition coefficient (Wildman–Crippen LogP) is 5.45. The van der Waals surface area contributed by atoms with Gasteiger partial charge in [-0.25, -0.2) is 9.37 Å². The van der Waals surface area contributed by atoms with E-state index in [2.05, 4.69) is 10.3 Å². The van der Waals surface area contributed by atoms with Gasteiger partial charge in [0.1, 0.15) is 11.6 Å². The molecule has 1 aliphatic heterocycles. The van der Waals surface area contributed by atoms with Crippen LogP contribution >= 0.6 is 0 Å². The van der Waals surface area contributed by atoms with Crippen molar-refractivity contribution in [3.8, 4) is 11.4 Å². The highest BCUT2D eigenvalue weighted by molar-refractivity contribution is 5.48. The lowest BCUT2D eigenvalue weighted by molar-refractivity contribution is -0.145. The second kappa shape index (κ2) is 8.95. The number of benzene rings is 2. The number of hydrogen-bond donors (Lipinski definition) is 1. The van der Waals surface area contributed by atoms with Crippen LogP contribution in [0.5, 0.6) is 5.75 Å². The van der Waals surface area contributed by atoms with Crippen LogP contribution in [-0.4, -0.2) is 42.0 Å². The van der Waals surface area contributed by atoms with Crippen LogP contribution in [0.25, 0.3) is 5.69 Å². The molecule has 9 heteroatoms. The third-order valence-corrected chi connectivity index (χ3v) is 7.44. The molecule has 1 saturated heterocycles. The Morgan fingerprint density at radius 1 is 1.17 bits per heavy atom. The molecule has 0 radical (unpaired) electrons. The minimum atomic E-state index is -4.57. The zero-order valence-electron chi connectivity index (χ0n) is 19.5. The number of hydrogen-bond acceptors (Lipinski definition) is 4. The predicted molar refractivity (Wildman–Crippen MR) is 122 cm³/mol. The molecule has 1 aromatic heterocycles. The van der Waals surface area contributed by atoms with Gasteiger partial charge in [-0.3, -0.25) is 4.57 Å². The fourth-order valence-corrected chi connectivity index (χ4v) is 5.91. The molecule has 35 heavy (non-hydrogen) atoms. The van der Waals surface area contributed by atoms with Crippen LogP contribution in [0, 0.1) is 5.82 Å². The number of nitrogens with zero attached hydrogens (tertiary/aromatic N) is 2. The Bertz CT molecular complexity index is 1190. The van der Waals surface area contributed by atoms with Gasteiger partial charge in [-0.15, -0.1) is 0 Å². The van der Waals surface area contributed by atoms with E-state index in [4.69, 9.17) is 9.47 Å². The lowest BCUT2D eigenvalue weighted by atomic mass is 9.78. The van der Waals surface area contributed by atoms with E-state index in [1.807, 2.05) is 19.2 Å². The molecule has 0 amide bonds. The van der Waals surface area contributed by atoms with E-state index in [-0.39, 0.29) is 23.7 Å². The Kier molecular flexibility index (Phi) is 6.09. The summed E-state index contributed by atoms with van der Waals surface area (Å²) >= 11 is 0. The van der Waals surface area contributed by atoms with E-state index in [0.29, 0.717) is 24.5 Å². The highest BCUT2D eigenvalue weighted by Crippen LogP contribution is 2.54. The van der Waals surface area contributed by atoms with Crippen LogP contribution in [0.4, 0.5) is 17.6 Å². The molecule has 2 heterocycles. The first kappa shape index (κ1) is 23.8. The molecule has 2 aromatic carbocycles. The maximum absolute atomic E-state index is 13.6. The molecule has 2 fully saturated rings. The van der Waals surface area contributed by atoms with Crippen molar-refractivity contribution < 1.29 is 27.0 Å². The molecule has 5 nitrogen and oxygen atoms in total. The topological polar surface area (TPSA) is 48.3 Å². The normalized spacial score (nSPS) is 26.5. The van der Waals surface area contributed by atoms with Gasteiger partial charge in [0.05, 0.1) is 19.3 Å². The minimum absolute atomic E-state index is 0.0257. The molecule has 1 N–H and O–H groups in total. The largest absolute Gasteiger partial charge is 0.496 e. The Morgan fingerprint density at radius 3 is 2.63 bits per heavy atom. The van der Waals surface area contributed by atoms with Crippen molar-refractivity contribution in [1.82, 2.24) is 14.9 Å². The molecule has 5 rings (SSSR count). The average molecular weight is 490 g/mol. The maximum Gasteiger partial charge on any atom is 0.450 e. The van der Waals surface area contributed by atoms with E-state index in [1.165, 1.54) is 18.3 Å². The third-order valence-electron chi connectivity index (χ3n) is 7.44. The number of imidazole rings is 1. The molecular weight excluding hydrogens is 462 g/mol. The van der Waals surface area contributed by atoms with Gasteiger partial charge in [-0.1, -0.05) is 12.1 Å². The van der Waals surface area contributed by atoms with Crippen molar-refractivity contribution in [2.45, 2.75) is 48.9 Å². The van der Waals surface area contributed by atoms with Crippen molar-refractivity contribution in [1.29, 1.82) is 0 Å². The second-order valence-electron chi connectivity index (χ2n) is 9.28. The summed E-state index contributed by atoms with van der Waals surface area (Å²) < 4.78 is 67.1. The molecule has 0 unspecified atom stereocenters. The van der Waals surface area contributed by atoms with Crippen LogP contribution in [0.3, 0.4) is 0 Å². The fraction of sp³-hybridized carbons (Fsp3) is 0.423. The minimum Gasteiger partial charge on any atom is -0.496 e. The van der Waals surface area contributed by atoms with Gasteiger partial charge in [-0.05, 0) is 62.2 Å². The van der Waals surface area contributed by atoms with Crippen LogP contribution in [0.2, 0.25) is 0 Å². The van der Waals surface area contributed by atoms with Gasteiger partial charge in [0, 0.05) is 41.5 Å². The Labute approximate surface area is 201 Å². The molecular formula is C26H27F4N3O2. The van der Waals surface area contributed by atoms with Crippen LogP contribution in [0.1, 0.15) is 48.0 Å². The summed E-state index contributed by atoms with van der Waals surface area (Å²) in [4.78, 5) is 3.51. The molecule has 1 aliphatic carbocycles. The summed E-state index contributed by atoms with van der Waals surface area (Å²) in [5.74, 6) is -0.697. The number of alkyl halides is 3. The van der Waals surface area contributed by atoms with Crippen LogP contribution in [-0.2, 0) is 10.9 Å². The maximum atomic E-state index is 13.6.